The first-order chi connectivity index (χ1) is 13.9. The maximum absolute atomic E-state index is 10.7. The van der Waals surface area contributed by atoms with Crippen LogP contribution in [-0.4, -0.2) is 30.7 Å². The predicted octanol–water partition coefficient (Wildman–Crippen LogP) is 4.05. The molecule has 1 unspecified atom stereocenters. The molecule has 0 bridgehead atoms. The summed E-state index contributed by atoms with van der Waals surface area (Å²) in [6, 6.07) is 13.2. The largest absolute Gasteiger partial charge is 0.496 e. The minimum atomic E-state index is -0.389. The first kappa shape index (κ1) is 22.6. The van der Waals surface area contributed by atoms with Crippen LogP contribution in [-0.2, 0) is 13.1 Å². The molecule has 7 nitrogen and oxygen atoms in total. The molecule has 0 aliphatic heterocycles. The number of nitrogens with one attached hydrogen (secondary N) is 2. The standard InChI is InChI=1S/C22H31N3O4/c1-16(2)23-15-19-7-10-21(13-22(19)28-4)29-12-11-17(3)24-14-18-5-8-20(9-6-18)25(26)27/h5-10,13,16-17,23-24H,11-12,14-15H2,1-4H3. The molecule has 0 saturated carbocycles. The lowest BCUT2D eigenvalue weighted by atomic mass is 10.1. The van der Waals surface area contributed by atoms with Crippen molar-refractivity contribution in [2.24, 2.45) is 0 Å². The van der Waals surface area contributed by atoms with Gasteiger partial charge in [0.15, 0.2) is 0 Å². The van der Waals surface area contributed by atoms with Gasteiger partial charge in [0.05, 0.1) is 18.6 Å². The number of rotatable bonds is 12. The van der Waals surface area contributed by atoms with Gasteiger partial charge in [0.25, 0.3) is 5.69 Å². The van der Waals surface area contributed by atoms with Gasteiger partial charge >= 0.3 is 0 Å². The molecule has 1 atom stereocenters. The van der Waals surface area contributed by atoms with Crippen LogP contribution in [0.5, 0.6) is 11.5 Å². The number of ether oxygens (including phenoxy) is 2. The van der Waals surface area contributed by atoms with Crippen molar-refractivity contribution < 1.29 is 14.4 Å². The highest BCUT2D eigenvalue weighted by atomic mass is 16.6. The molecule has 7 heteroatoms. The maximum atomic E-state index is 10.7. The molecule has 0 radical (unpaired) electrons. The Kier molecular flexibility index (Phi) is 8.89. The van der Waals surface area contributed by atoms with Crippen LogP contribution in [0, 0.1) is 10.1 Å². The fourth-order valence-electron chi connectivity index (χ4n) is 2.76. The third-order valence-electron chi connectivity index (χ3n) is 4.58. The van der Waals surface area contributed by atoms with E-state index in [1.807, 2.05) is 18.2 Å². The quantitative estimate of drug-likeness (QED) is 0.412. The van der Waals surface area contributed by atoms with Crippen molar-refractivity contribution in [1.82, 2.24) is 10.6 Å². The second-order valence-corrected chi connectivity index (χ2v) is 7.35. The normalized spacial score (nSPS) is 12.0. The van der Waals surface area contributed by atoms with Crippen molar-refractivity contribution in [3.63, 3.8) is 0 Å². The lowest BCUT2D eigenvalue weighted by molar-refractivity contribution is -0.384. The van der Waals surface area contributed by atoms with E-state index in [1.54, 1.807) is 19.2 Å². The zero-order valence-corrected chi connectivity index (χ0v) is 17.6. The van der Waals surface area contributed by atoms with Crippen LogP contribution in [0.3, 0.4) is 0 Å². The Balaban J connectivity index is 1.76. The van der Waals surface area contributed by atoms with E-state index in [1.165, 1.54) is 12.1 Å². The van der Waals surface area contributed by atoms with Crippen molar-refractivity contribution in [2.75, 3.05) is 13.7 Å². The van der Waals surface area contributed by atoms with E-state index in [9.17, 15) is 10.1 Å². The van der Waals surface area contributed by atoms with Crippen LogP contribution in [0.4, 0.5) is 5.69 Å². The number of hydrogen-bond acceptors (Lipinski definition) is 6. The summed E-state index contributed by atoms with van der Waals surface area (Å²) in [5, 5.41) is 17.5. The number of nitrogens with zero attached hydrogens (tertiary/aromatic N) is 1. The van der Waals surface area contributed by atoms with Gasteiger partial charge in [-0.25, -0.2) is 0 Å². The van der Waals surface area contributed by atoms with Crippen LogP contribution in [0.2, 0.25) is 0 Å². The Bertz CT molecular complexity index is 778. The molecular formula is C22H31N3O4. The van der Waals surface area contributed by atoms with Gasteiger partial charge in [0, 0.05) is 48.9 Å². The summed E-state index contributed by atoms with van der Waals surface area (Å²) in [5.74, 6) is 1.61. The number of hydrogen-bond donors (Lipinski definition) is 2. The third kappa shape index (κ3) is 7.71. The smallest absolute Gasteiger partial charge is 0.269 e. The highest BCUT2D eigenvalue weighted by Gasteiger charge is 2.08. The van der Waals surface area contributed by atoms with Crippen molar-refractivity contribution in [3.8, 4) is 11.5 Å². The number of benzene rings is 2. The van der Waals surface area contributed by atoms with Gasteiger partial charge in [-0.1, -0.05) is 32.0 Å². The van der Waals surface area contributed by atoms with E-state index in [0.29, 0.717) is 19.2 Å². The van der Waals surface area contributed by atoms with Gasteiger partial charge in [0.1, 0.15) is 11.5 Å². The SMILES string of the molecule is COc1cc(OCCC(C)NCc2ccc([N+](=O)[O-])cc2)ccc1CNC(C)C. The summed E-state index contributed by atoms with van der Waals surface area (Å²) >= 11 is 0. The summed E-state index contributed by atoms with van der Waals surface area (Å²) in [5.41, 5.74) is 2.22. The Labute approximate surface area is 172 Å². The molecule has 0 spiro atoms. The minimum absolute atomic E-state index is 0.108. The average molecular weight is 402 g/mol. The number of nitro groups is 1. The minimum Gasteiger partial charge on any atom is -0.496 e. The van der Waals surface area contributed by atoms with Gasteiger partial charge in [-0.05, 0) is 25.0 Å². The summed E-state index contributed by atoms with van der Waals surface area (Å²) in [6.45, 7) is 8.31. The topological polar surface area (TPSA) is 85.7 Å². The summed E-state index contributed by atoms with van der Waals surface area (Å²) < 4.78 is 11.4. The molecule has 0 saturated heterocycles. The Morgan fingerprint density at radius 3 is 2.38 bits per heavy atom. The highest BCUT2D eigenvalue weighted by molar-refractivity contribution is 5.40. The van der Waals surface area contributed by atoms with Gasteiger partial charge < -0.3 is 20.1 Å². The van der Waals surface area contributed by atoms with E-state index < -0.39 is 0 Å². The Hall–Kier alpha value is -2.64. The second kappa shape index (κ2) is 11.4. The van der Waals surface area contributed by atoms with E-state index in [2.05, 4.69) is 31.4 Å². The molecule has 158 valence electrons. The molecule has 2 N–H and O–H groups in total. The summed E-state index contributed by atoms with van der Waals surface area (Å²) in [7, 11) is 1.67. The van der Waals surface area contributed by atoms with Gasteiger partial charge in [-0.2, -0.15) is 0 Å². The van der Waals surface area contributed by atoms with Crippen LogP contribution >= 0.6 is 0 Å². The second-order valence-electron chi connectivity index (χ2n) is 7.35. The maximum Gasteiger partial charge on any atom is 0.269 e. The molecular weight excluding hydrogens is 370 g/mol. The van der Waals surface area contributed by atoms with Gasteiger partial charge in [0.2, 0.25) is 0 Å². The van der Waals surface area contributed by atoms with E-state index in [-0.39, 0.29) is 16.7 Å². The molecule has 2 aromatic carbocycles. The third-order valence-corrected chi connectivity index (χ3v) is 4.58. The summed E-state index contributed by atoms with van der Waals surface area (Å²) in [4.78, 5) is 10.3. The van der Waals surface area contributed by atoms with Crippen molar-refractivity contribution in [2.45, 2.75) is 52.4 Å². The monoisotopic (exact) mass is 401 g/mol. The molecule has 0 amide bonds. The van der Waals surface area contributed by atoms with Gasteiger partial charge in [-0.3, -0.25) is 10.1 Å². The van der Waals surface area contributed by atoms with E-state index in [4.69, 9.17) is 9.47 Å². The lowest BCUT2D eigenvalue weighted by Crippen LogP contribution is -2.27. The van der Waals surface area contributed by atoms with E-state index >= 15 is 0 Å². The first-order valence-electron chi connectivity index (χ1n) is 9.89. The molecule has 2 aromatic rings. The van der Waals surface area contributed by atoms with Crippen LogP contribution in [0.25, 0.3) is 0 Å². The molecule has 0 fully saturated rings. The van der Waals surface area contributed by atoms with Crippen molar-refractivity contribution in [3.05, 3.63) is 63.7 Å². The first-order valence-corrected chi connectivity index (χ1v) is 9.89. The predicted molar refractivity (Wildman–Crippen MR) is 114 cm³/mol. The molecule has 2 rings (SSSR count). The van der Waals surface area contributed by atoms with Crippen molar-refractivity contribution in [1.29, 1.82) is 0 Å². The number of non-ortho nitro benzene ring substituents is 1. The highest BCUT2D eigenvalue weighted by Crippen LogP contribution is 2.25. The molecule has 29 heavy (non-hydrogen) atoms. The zero-order valence-electron chi connectivity index (χ0n) is 17.6. The lowest BCUT2D eigenvalue weighted by Gasteiger charge is -2.16. The van der Waals surface area contributed by atoms with E-state index in [0.717, 1.165) is 35.6 Å². The van der Waals surface area contributed by atoms with Gasteiger partial charge in [-0.15, -0.1) is 0 Å². The number of methoxy groups -OCH3 is 1. The number of nitro benzene ring substituents is 1. The molecule has 0 aliphatic rings. The Morgan fingerprint density at radius 1 is 1.03 bits per heavy atom. The summed E-state index contributed by atoms with van der Waals surface area (Å²) in [6.07, 6.45) is 0.839. The average Bonchev–Trinajstić information content (AvgIpc) is 2.71. The van der Waals surface area contributed by atoms with Crippen molar-refractivity contribution >= 4 is 5.69 Å². The Morgan fingerprint density at radius 2 is 1.76 bits per heavy atom. The molecule has 0 heterocycles. The van der Waals surface area contributed by atoms with Crippen LogP contribution in [0.15, 0.2) is 42.5 Å². The molecule has 0 aliphatic carbocycles. The fraction of sp³-hybridized carbons (Fsp3) is 0.455. The van der Waals surface area contributed by atoms with Crippen LogP contribution in [0.1, 0.15) is 38.3 Å². The molecule has 0 aromatic heterocycles. The zero-order chi connectivity index (χ0) is 21.2. The van der Waals surface area contributed by atoms with Crippen LogP contribution < -0.4 is 20.1 Å². The fourth-order valence-corrected chi connectivity index (χ4v) is 2.76.